The van der Waals surface area contributed by atoms with Crippen LogP contribution in [0.25, 0.3) is 0 Å². The van der Waals surface area contributed by atoms with E-state index >= 15 is 0 Å². The van der Waals surface area contributed by atoms with Gasteiger partial charge in [0, 0.05) is 26.2 Å². The second-order valence-corrected chi connectivity index (χ2v) is 6.28. The number of rotatable bonds is 4. The molecule has 1 saturated carbocycles. The van der Waals surface area contributed by atoms with Crippen LogP contribution in [0, 0.1) is 12.8 Å². The van der Waals surface area contributed by atoms with Crippen molar-refractivity contribution in [3.63, 3.8) is 0 Å². The molecule has 3 rings (SSSR count). The van der Waals surface area contributed by atoms with Crippen LogP contribution >= 0.6 is 0 Å². The number of amides is 1. The number of aliphatic hydroxyl groups excluding tert-OH is 1. The van der Waals surface area contributed by atoms with Crippen molar-refractivity contribution in [2.24, 2.45) is 13.0 Å². The Kier molecular flexibility index (Phi) is 4.46. The van der Waals surface area contributed by atoms with Gasteiger partial charge in [0.05, 0.1) is 36.8 Å². The number of ether oxygens (including phenoxy) is 1. The molecule has 122 valence electrons. The molecule has 0 spiro atoms. The highest BCUT2D eigenvalue weighted by atomic mass is 16.5. The zero-order valence-corrected chi connectivity index (χ0v) is 13.2. The van der Waals surface area contributed by atoms with Crippen molar-refractivity contribution in [3.05, 3.63) is 11.9 Å². The zero-order chi connectivity index (χ0) is 15.7. The first kappa shape index (κ1) is 15.5. The van der Waals surface area contributed by atoms with Gasteiger partial charge in [0.25, 0.3) is 0 Å². The van der Waals surface area contributed by atoms with Crippen LogP contribution in [0.1, 0.15) is 18.5 Å². The first-order valence-corrected chi connectivity index (χ1v) is 7.83. The van der Waals surface area contributed by atoms with E-state index in [1.54, 1.807) is 10.9 Å². The molecule has 3 atom stereocenters. The van der Waals surface area contributed by atoms with E-state index in [1.807, 2.05) is 14.0 Å². The summed E-state index contributed by atoms with van der Waals surface area (Å²) in [5.74, 6) is 0.267. The van der Waals surface area contributed by atoms with Crippen LogP contribution in [-0.4, -0.2) is 64.1 Å². The number of anilines is 1. The largest absolute Gasteiger partial charge is 0.396 e. The summed E-state index contributed by atoms with van der Waals surface area (Å²) in [6.45, 7) is 3.90. The number of nitrogens with zero attached hydrogens (tertiary/aromatic N) is 3. The van der Waals surface area contributed by atoms with Crippen molar-refractivity contribution in [1.29, 1.82) is 0 Å². The first-order valence-electron chi connectivity index (χ1n) is 7.83. The minimum Gasteiger partial charge on any atom is -0.396 e. The van der Waals surface area contributed by atoms with Gasteiger partial charge in [-0.2, -0.15) is 5.10 Å². The molecule has 2 fully saturated rings. The molecule has 2 N–H and O–H groups in total. The molecule has 1 unspecified atom stereocenters. The van der Waals surface area contributed by atoms with Gasteiger partial charge in [-0.1, -0.05) is 0 Å². The van der Waals surface area contributed by atoms with Gasteiger partial charge < -0.3 is 15.2 Å². The summed E-state index contributed by atoms with van der Waals surface area (Å²) in [7, 11) is 1.85. The number of morpholine rings is 1. The smallest absolute Gasteiger partial charge is 0.238 e. The Hall–Kier alpha value is -1.44. The fraction of sp³-hybridized carbons (Fsp3) is 0.733. The number of aliphatic hydroxyl groups is 1. The molecule has 7 heteroatoms. The topological polar surface area (TPSA) is 79.6 Å². The van der Waals surface area contributed by atoms with Gasteiger partial charge in [-0.25, -0.2) is 0 Å². The maximum atomic E-state index is 12.3. The van der Waals surface area contributed by atoms with Crippen molar-refractivity contribution in [1.82, 2.24) is 14.7 Å². The van der Waals surface area contributed by atoms with Crippen molar-refractivity contribution in [3.8, 4) is 0 Å². The van der Waals surface area contributed by atoms with Crippen LogP contribution in [0.15, 0.2) is 6.20 Å². The summed E-state index contributed by atoms with van der Waals surface area (Å²) in [5.41, 5.74) is 1.70. The van der Waals surface area contributed by atoms with E-state index < -0.39 is 0 Å². The molecule has 2 aliphatic rings. The van der Waals surface area contributed by atoms with E-state index in [-0.39, 0.29) is 24.7 Å². The monoisotopic (exact) mass is 308 g/mol. The molecule has 1 saturated heterocycles. The van der Waals surface area contributed by atoms with Gasteiger partial charge in [-0.05, 0) is 25.7 Å². The number of nitrogens with one attached hydrogen (secondary N) is 1. The molecule has 1 aromatic heterocycles. The maximum Gasteiger partial charge on any atom is 0.238 e. The Balaban J connectivity index is 1.60. The van der Waals surface area contributed by atoms with Gasteiger partial charge >= 0.3 is 0 Å². The number of hydrogen-bond donors (Lipinski definition) is 2. The SMILES string of the molecule is Cc1c(NC(=O)CN2CCOC3C[C@H](CO)C[C@@H]32)cnn1C. The van der Waals surface area contributed by atoms with E-state index in [0.29, 0.717) is 19.1 Å². The quantitative estimate of drug-likeness (QED) is 0.827. The molecular formula is C15H24N4O3. The fourth-order valence-corrected chi connectivity index (χ4v) is 3.47. The lowest BCUT2D eigenvalue weighted by Gasteiger charge is -2.37. The van der Waals surface area contributed by atoms with Gasteiger partial charge in [-0.3, -0.25) is 14.4 Å². The van der Waals surface area contributed by atoms with Crippen molar-refractivity contribution >= 4 is 11.6 Å². The molecule has 0 bridgehead atoms. The van der Waals surface area contributed by atoms with Gasteiger partial charge in [0.15, 0.2) is 0 Å². The van der Waals surface area contributed by atoms with Crippen LogP contribution in [0.2, 0.25) is 0 Å². The van der Waals surface area contributed by atoms with Crippen LogP contribution in [0.3, 0.4) is 0 Å². The van der Waals surface area contributed by atoms with Crippen molar-refractivity contribution in [2.75, 3.05) is 31.6 Å². The van der Waals surface area contributed by atoms with E-state index in [9.17, 15) is 9.90 Å². The predicted octanol–water partition coefficient (Wildman–Crippen LogP) is 0.139. The number of fused-ring (bicyclic) bond motifs is 1. The minimum atomic E-state index is -0.0239. The molecule has 7 nitrogen and oxygen atoms in total. The Morgan fingerprint density at radius 2 is 2.36 bits per heavy atom. The summed E-state index contributed by atoms with van der Waals surface area (Å²) in [6.07, 6.45) is 3.62. The van der Waals surface area contributed by atoms with E-state index in [4.69, 9.17) is 4.74 Å². The lowest BCUT2D eigenvalue weighted by molar-refractivity contribution is -0.121. The third-order valence-corrected chi connectivity index (χ3v) is 4.86. The highest BCUT2D eigenvalue weighted by molar-refractivity contribution is 5.92. The fourth-order valence-electron chi connectivity index (χ4n) is 3.47. The van der Waals surface area contributed by atoms with Crippen LogP contribution in [0.5, 0.6) is 0 Å². The third kappa shape index (κ3) is 3.02. The first-order chi connectivity index (χ1) is 10.6. The third-order valence-electron chi connectivity index (χ3n) is 4.86. The van der Waals surface area contributed by atoms with Crippen molar-refractivity contribution < 1.29 is 14.6 Å². The van der Waals surface area contributed by atoms with Gasteiger partial charge in [0.2, 0.25) is 5.91 Å². The van der Waals surface area contributed by atoms with Crippen LogP contribution in [0.4, 0.5) is 5.69 Å². The van der Waals surface area contributed by atoms with Gasteiger partial charge in [0.1, 0.15) is 0 Å². The Morgan fingerprint density at radius 1 is 1.55 bits per heavy atom. The van der Waals surface area contributed by atoms with Crippen molar-refractivity contribution in [2.45, 2.75) is 31.9 Å². The number of carbonyl (C=O) groups is 1. The molecule has 1 aliphatic heterocycles. The molecule has 0 radical (unpaired) electrons. The molecule has 0 aromatic carbocycles. The van der Waals surface area contributed by atoms with Crippen LogP contribution < -0.4 is 5.32 Å². The lowest BCUT2D eigenvalue weighted by Crippen LogP contribution is -2.51. The molecule has 1 amide bonds. The lowest BCUT2D eigenvalue weighted by atomic mass is 10.1. The number of hydrogen-bond acceptors (Lipinski definition) is 5. The van der Waals surface area contributed by atoms with Gasteiger partial charge in [-0.15, -0.1) is 0 Å². The Labute approximate surface area is 130 Å². The maximum absolute atomic E-state index is 12.3. The summed E-state index contributed by atoms with van der Waals surface area (Å²) in [5, 5.41) is 16.4. The summed E-state index contributed by atoms with van der Waals surface area (Å²) >= 11 is 0. The summed E-state index contributed by atoms with van der Waals surface area (Å²) in [6, 6.07) is 0.242. The highest BCUT2D eigenvalue weighted by Gasteiger charge is 2.41. The normalized spacial score (nSPS) is 28.6. The second-order valence-electron chi connectivity index (χ2n) is 6.28. The highest BCUT2D eigenvalue weighted by Crippen LogP contribution is 2.33. The number of carbonyl (C=O) groups excluding carboxylic acids is 1. The van der Waals surface area contributed by atoms with Crippen LogP contribution in [-0.2, 0) is 16.6 Å². The molecule has 1 aliphatic carbocycles. The molecule has 1 aromatic rings. The number of aromatic nitrogens is 2. The average Bonchev–Trinajstić information content (AvgIpc) is 3.06. The van der Waals surface area contributed by atoms with E-state index in [1.165, 1.54) is 0 Å². The molecule has 2 heterocycles. The summed E-state index contributed by atoms with van der Waals surface area (Å²) < 4.78 is 7.53. The second kappa shape index (κ2) is 6.36. The average molecular weight is 308 g/mol. The van der Waals surface area contributed by atoms with E-state index in [2.05, 4.69) is 15.3 Å². The molecule has 22 heavy (non-hydrogen) atoms. The number of aryl methyl sites for hydroxylation is 1. The Bertz CT molecular complexity index is 545. The Morgan fingerprint density at radius 3 is 3.05 bits per heavy atom. The zero-order valence-electron chi connectivity index (χ0n) is 13.2. The van der Waals surface area contributed by atoms with E-state index in [0.717, 1.165) is 30.8 Å². The standard InChI is InChI=1S/C15H24N4O3/c1-10-12(7-16-18(10)2)17-15(21)8-19-3-4-22-14-6-11(9-20)5-13(14)19/h7,11,13-14,20H,3-6,8-9H2,1-2H3,(H,17,21)/t11-,13+,14?/m1/s1. The summed E-state index contributed by atoms with van der Waals surface area (Å²) in [4.78, 5) is 14.5. The minimum absolute atomic E-state index is 0.0239. The molecular weight excluding hydrogens is 284 g/mol. The predicted molar refractivity (Wildman–Crippen MR) is 81.5 cm³/mol.